The molecule has 0 aliphatic rings. The van der Waals surface area contributed by atoms with Crippen molar-refractivity contribution in [3.8, 4) is 0 Å². The lowest BCUT2D eigenvalue weighted by Crippen LogP contribution is -2.37. The molecule has 0 aliphatic carbocycles. The number of rotatable bonds is 87. The average Bonchev–Trinajstić information content (AvgIpc) is 0.916. The van der Waals surface area contributed by atoms with E-state index in [-0.39, 0.29) is 25.6 Å². The molecule has 0 aromatic heterocycles. The number of nitrogens with zero attached hydrogens (tertiary/aromatic N) is 1. The van der Waals surface area contributed by atoms with Crippen LogP contribution in [0, 0.1) is 0 Å². The molecule has 0 fully saturated rings. The summed E-state index contributed by atoms with van der Waals surface area (Å²) in [7, 11) is 1.51. The quantitative estimate of drug-likeness (QED) is 0.0211. The number of unbranched alkanes of at least 4 members (excludes halogenated alkanes) is 67. The van der Waals surface area contributed by atoms with Crippen molar-refractivity contribution >= 4 is 19.8 Å². The fourth-order valence-corrected chi connectivity index (χ4v) is 15.0. The topological polar surface area (TPSA) is 108 Å². The molecule has 0 bridgehead atoms. The Kier molecular flexibility index (Phi) is 81.8. The van der Waals surface area contributed by atoms with Crippen LogP contribution in [0.2, 0.25) is 0 Å². The van der Waals surface area contributed by atoms with Crippen molar-refractivity contribution in [2.45, 2.75) is 495 Å². The maximum Gasteiger partial charge on any atom is 0.472 e. The van der Waals surface area contributed by atoms with E-state index < -0.39 is 26.5 Å². The van der Waals surface area contributed by atoms with Crippen LogP contribution in [0.3, 0.4) is 0 Å². The van der Waals surface area contributed by atoms with Crippen molar-refractivity contribution in [2.24, 2.45) is 0 Å². The predicted molar refractivity (Wildman–Crippen MR) is 446 cm³/mol. The van der Waals surface area contributed by atoms with Gasteiger partial charge in [-0.25, -0.2) is 4.57 Å². The third kappa shape index (κ3) is 87.1. The zero-order chi connectivity index (χ0) is 74.0. The van der Waals surface area contributed by atoms with Crippen LogP contribution in [0.25, 0.3) is 0 Å². The summed E-state index contributed by atoms with van der Waals surface area (Å²) in [4.78, 5) is 36.1. The smallest absolute Gasteiger partial charge is 0.462 e. The first-order valence-electron chi connectivity index (χ1n) is 45.7. The van der Waals surface area contributed by atoms with Gasteiger partial charge in [0.2, 0.25) is 0 Å². The Balaban J connectivity index is 3.83. The van der Waals surface area contributed by atoms with E-state index in [2.05, 4.69) is 50.3 Å². The zero-order valence-corrected chi connectivity index (χ0v) is 70.3. The van der Waals surface area contributed by atoms with E-state index >= 15 is 0 Å². The summed E-state index contributed by atoms with van der Waals surface area (Å²) in [6, 6.07) is 0. The highest BCUT2D eigenvalue weighted by atomic mass is 31.2. The average molecular weight is 1460 g/mol. The predicted octanol–water partition coefficient (Wildman–Crippen LogP) is 30.9. The molecule has 0 aliphatic heterocycles. The number of carbonyl (C=O) groups excluding carboxylic acids is 2. The lowest BCUT2D eigenvalue weighted by Gasteiger charge is -2.24. The summed E-state index contributed by atoms with van der Waals surface area (Å²) in [6.07, 6.45) is 111. The van der Waals surface area contributed by atoms with Crippen molar-refractivity contribution < 1.29 is 42.1 Å². The molecule has 0 amide bonds. The number of allylic oxidation sites excluding steroid dienone is 6. The molecule has 0 heterocycles. The second-order valence-corrected chi connectivity index (χ2v) is 34.2. The van der Waals surface area contributed by atoms with E-state index in [0.717, 1.165) is 51.4 Å². The second kappa shape index (κ2) is 83.3. The number of carbonyl (C=O) groups is 2. The SMILES string of the molecule is CCCCCCC/C=C\C/C=C\C/C=C\CCCCCCCCCCCCCCCCCCCCCCCCCCCCC(=O)OC(COC(=O)CCCCCCCCCCCCCCCCCCCCCCCCCCCCCCCCCCCCCCC)COP(=O)(O)OCC[N+](C)(C)C. The van der Waals surface area contributed by atoms with Gasteiger partial charge in [-0.1, -0.05) is 461 Å². The van der Waals surface area contributed by atoms with Crippen molar-refractivity contribution in [3.05, 3.63) is 36.5 Å². The minimum atomic E-state index is -4.39. The molecular weight excluding hydrogens is 1280 g/mol. The summed E-state index contributed by atoms with van der Waals surface area (Å²) < 4.78 is 34.9. The van der Waals surface area contributed by atoms with E-state index in [9.17, 15) is 19.0 Å². The molecule has 0 rings (SSSR count). The molecule has 0 aromatic carbocycles. The van der Waals surface area contributed by atoms with Gasteiger partial charge < -0.3 is 18.9 Å². The molecular formula is C92H179NO8P+. The van der Waals surface area contributed by atoms with E-state index in [0.29, 0.717) is 17.4 Å². The highest BCUT2D eigenvalue weighted by Gasteiger charge is 2.27. The zero-order valence-electron chi connectivity index (χ0n) is 69.4. The van der Waals surface area contributed by atoms with E-state index in [1.807, 2.05) is 21.1 Å². The summed E-state index contributed by atoms with van der Waals surface area (Å²) in [5, 5.41) is 0. The van der Waals surface area contributed by atoms with Crippen LogP contribution in [-0.4, -0.2) is 74.9 Å². The molecule has 0 spiro atoms. The molecule has 9 nitrogen and oxygen atoms in total. The molecule has 2 atom stereocenters. The Morgan fingerprint density at radius 2 is 0.529 bits per heavy atom. The summed E-state index contributed by atoms with van der Waals surface area (Å²) in [6.45, 7) is 4.52. The number of phosphoric acid groups is 1. The maximum absolute atomic E-state index is 13.0. The molecule has 604 valence electrons. The first-order valence-corrected chi connectivity index (χ1v) is 47.2. The number of phosphoric ester groups is 1. The normalized spacial score (nSPS) is 13.0. The van der Waals surface area contributed by atoms with Gasteiger partial charge in [0, 0.05) is 12.8 Å². The monoisotopic (exact) mass is 1460 g/mol. The Morgan fingerprint density at radius 3 is 0.784 bits per heavy atom. The number of likely N-dealkylation sites (N-methyl/N-ethyl adjacent to an activating group) is 1. The maximum atomic E-state index is 13.0. The lowest BCUT2D eigenvalue weighted by molar-refractivity contribution is -0.870. The number of esters is 2. The third-order valence-electron chi connectivity index (χ3n) is 21.2. The van der Waals surface area contributed by atoms with Crippen molar-refractivity contribution in [2.75, 3.05) is 47.5 Å². The van der Waals surface area contributed by atoms with Gasteiger partial charge in [-0.3, -0.25) is 18.6 Å². The Hall–Kier alpha value is -1.77. The molecule has 0 saturated heterocycles. The van der Waals surface area contributed by atoms with Gasteiger partial charge in [0.25, 0.3) is 0 Å². The largest absolute Gasteiger partial charge is 0.472 e. The lowest BCUT2D eigenvalue weighted by atomic mass is 10.0. The van der Waals surface area contributed by atoms with Crippen molar-refractivity contribution in [1.82, 2.24) is 0 Å². The van der Waals surface area contributed by atoms with Gasteiger partial charge in [0.05, 0.1) is 27.7 Å². The van der Waals surface area contributed by atoms with Gasteiger partial charge in [-0.15, -0.1) is 0 Å². The highest BCUT2D eigenvalue weighted by Crippen LogP contribution is 2.43. The van der Waals surface area contributed by atoms with Crippen molar-refractivity contribution in [3.63, 3.8) is 0 Å². The summed E-state index contributed by atoms with van der Waals surface area (Å²) in [5.41, 5.74) is 0. The molecule has 102 heavy (non-hydrogen) atoms. The third-order valence-corrected chi connectivity index (χ3v) is 22.2. The first-order chi connectivity index (χ1) is 50.0. The second-order valence-electron chi connectivity index (χ2n) is 32.7. The van der Waals surface area contributed by atoms with E-state index in [4.69, 9.17) is 18.5 Å². The minimum Gasteiger partial charge on any atom is -0.462 e. The molecule has 0 radical (unpaired) electrons. The van der Waals surface area contributed by atoms with Crippen molar-refractivity contribution in [1.29, 1.82) is 0 Å². The fraction of sp³-hybridized carbons (Fsp3) is 0.913. The minimum absolute atomic E-state index is 0.0362. The van der Waals surface area contributed by atoms with Gasteiger partial charge in [0.15, 0.2) is 6.10 Å². The fourth-order valence-electron chi connectivity index (χ4n) is 14.2. The van der Waals surface area contributed by atoms with Crippen LogP contribution in [0.5, 0.6) is 0 Å². The Morgan fingerprint density at radius 1 is 0.304 bits per heavy atom. The molecule has 10 heteroatoms. The van der Waals surface area contributed by atoms with Crippen LogP contribution < -0.4 is 0 Å². The Labute approximate surface area is 637 Å². The summed E-state index contributed by atoms with van der Waals surface area (Å²) >= 11 is 0. The van der Waals surface area contributed by atoms with Gasteiger partial charge >= 0.3 is 19.8 Å². The highest BCUT2D eigenvalue weighted by molar-refractivity contribution is 7.47. The first kappa shape index (κ1) is 100. The van der Waals surface area contributed by atoms with E-state index in [1.54, 1.807) is 0 Å². The standard InChI is InChI=1S/C92H178NO8P/c1-6-8-10-12-14-16-18-20-22-24-26-28-30-32-34-36-38-40-42-44-45-46-47-49-51-53-55-57-59-61-63-65-67-69-71-73-75-77-79-81-83-85-92(95)101-90(89-100-102(96,97)99-87-86-93(3,4)5)88-98-91(94)84-82-80-78-76-74-72-70-68-66-64-62-60-58-56-54-52-50-48-43-41-39-37-35-33-31-29-27-25-23-21-19-17-15-13-11-9-7-2/h18,20,24,26,30,32,90H,6-17,19,21-23,25,27-29,31,33-89H2,1-5H3/p+1/b20-18-,26-24-,32-30-. The molecule has 2 unspecified atom stereocenters. The van der Waals surface area contributed by atoms with Gasteiger partial charge in [-0.05, 0) is 51.4 Å². The van der Waals surface area contributed by atoms with E-state index in [1.165, 1.54) is 411 Å². The number of hydrogen-bond acceptors (Lipinski definition) is 7. The number of hydrogen-bond donors (Lipinski definition) is 1. The van der Waals surface area contributed by atoms with Crippen LogP contribution in [0.4, 0.5) is 0 Å². The van der Waals surface area contributed by atoms with Gasteiger partial charge in [0.1, 0.15) is 19.8 Å². The van der Waals surface area contributed by atoms with Gasteiger partial charge in [-0.2, -0.15) is 0 Å². The van der Waals surface area contributed by atoms with Crippen LogP contribution in [-0.2, 0) is 32.7 Å². The molecule has 1 N–H and O–H groups in total. The number of ether oxygens (including phenoxy) is 2. The van der Waals surface area contributed by atoms with Crippen LogP contribution >= 0.6 is 7.82 Å². The van der Waals surface area contributed by atoms with Crippen LogP contribution in [0.15, 0.2) is 36.5 Å². The van der Waals surface area contributed by atoms with Crippen LogP contribution in [0.1, 0.15) is 489 Å². The number of quaternary nitrogens is 1. The molecule has 0 aromatic rings. The summed E-state index contributed by atoms with van der Waals surface area (Å²) in [5.74, 6) is -0.766. The molecule has 0 saturated carbocycles. The Bertz CT molecular complexity index is 1810.